The van der Waals surface area contributed by atoms with Gasteiger partial charge in [-0.15, -0.1) is 0 Å². The SMILES string of the molecule is COc1cc([N+](=O)[O-])ccc1N1C[C@@H](C)N(C(=O)OC(C)(C)C)[C@@H](C)C1. The fraction of sp³-hybridized carbons (Fsp3) is 0.611. The van der Waals surface area contributed by atoms with Crippen molar-refractivity contribution in [3.63, 3.8) is 0 Å². The second-order valence-corrected chi connectivity index (χ2v) is 7.60. The van der Waals surface area contributed by atoms with Crippen molar-refractivity contribution in [1.29, 1.82) is 0 Å². The first kappa shape index (κ1) is 19.8. The van der Waals surface area contributed by atoms with Gasteiger partial charge in [0.25, 0.3) is 5.69 Å². The highest BCUT2D eigenvalue weighted by Crippen LogP contribution is 2.34. The van der Waals surface area contributed by atoms with Gasteiger partial charge in [-0.3, -0.25) is 15.0 Å². The lowest BCUT2D eigenvalue weighted by Gasteiger charge is -2.45. The predicted molar refractivity (Wildman–Crippen MR) is 98.9 cm³/mol. The number of non-ortho nitro benzene ring substituents is 1. The van der Waals surface area contributed by atoms with Crippen LogP contribution in [-0.4, -0.2) is 53.8 Å². The van der Waals surface area contributed by atoms with Crippen molar-refractivity contribution in [2.45, 2.75) is 52.3 Å². The number of rotatable bonds is 3. The van der Waals surface area contributed by atoms with Crippen LogP contribution in [0.15, 0.2) is 18.2 Å². The number of benzene rings is 1. The van der Waals surface area contributed by atoms with Crippen molar-refractivity contribution in [2.75, 3.05) is 25.1 Å². The molecule has 1 amide bonds. The van der Waals surface area contributed by atoms with Crippen molar-refractivity contribution in [2.24, 2.45) is 0 Å². The van der Waals surface area contributed by atoms with Gasteiger partial charge in [0.15, 0.2) is 0 Å². The highest BCUT2D eigenvalue weighted by molar-refractivity contribution is 5.70. The molecule has 0 N–H and O–H groups in total. The minimum Gasteiger partial charge on any atom is -0.494 e. The molecule has 1 aliphatic heterocycles. The first-order valence-electron chi connectivity index (χ1n) is 8.62. The Morgan fingerprint density at radius 2 is 1.81 bits per heavy atom. The zero-order valence-electron chi connectivity index (χ0n) is 16.2. The Bertz CT molecular complexity index is 674. The summed E-state index contributed by atoms with van der Waals surface area (Å²) in [5, 5.41) is 11.0. The molecule has 1 heterocycles. The van der Waals surface area contributed by atoms with Crippen LogP contribution in [0.3, 0.4) is 0 Å². The molecular weight excluding hydrogens is 338 g/mol. The number of nitro benzene ring substituents is 1. The Hall–Kier alpha value is -2.51. The molecule has 8 nitrogen and oxygen atoms in total. The molecule has 26 heavy (non-hydrogen) atoms. The maximum absolute atomic E-state index is 12.5. The largest absolute Gasteiger partial charge is 0.494 e. The molecule has 144 valence electrons. The topological polar surface area (TPSA) is 85.2 Å². The predicted octanol–water partition coefficient (Wildman–Crippen LogP) is 3.44. The van der Waals surface area contributed by atoms with E-state index in [1.165, 1.54) is 19.2 Å². The van der Waals surface area contributed by atoms with Crippen LogP contribution in [-0.2, 0) is 4.74 Å². The lowest BCUT2D eigenvalue weighted by molar-refractivity contribution is -0.384. The third-order valence-electron chi connectivity index (χ3n) is 4.24. The van der Waals surface area contributed by atoms with Gasteiger partial charge in [-0.05, 0) is 40.7 Å². The summed E-state index contributed by atoms with van der Waals surface area (Å²) in [7, 11) is 1.49. The van der Waals surface area contributed by atoms with Gasteiger partial charge in [-0.25, -0.2) is 4.79 Å². The van der Waals surface area contributed by atoms with Crippen LogP contribution in [0.2, 0.25) is 0 Å². The molecule has 8 heteroatoms. The van der Waals surface area contributed by atoms with Crippen molar-refractivity contribution in [3.8, 4) is 5.75 Å². The van der Waals surface area contributed by atoms with Gasteiger partial charge in [0, 0.05) is 19.2 Å². The van der Waals surface area contributed by atoms with Crippen LogP contribution in [0, 0.1) is 10.1 Å². The number of hydrogen-bond donors (Lipinski definition) is 0. The van der Waals surface area contributed by atoms with E-state index in [1.807, 2.05) is 34.6 Å². The minimum atomic E-state index is -0.546. The number of ether oxygens (including phenoxy) is 2. The van der Waals surface area contributed by atoms with Crippen LogP contribution >= 0.6 is 0 Å². The third kappa shape index (κ3) is 4.36. The van der Waals surface area contributed by atoms with Gasteiger partial charge >= 0.3 is 6.09 Å². The number of carbonyl (C=O) groups excluding carboxylic acids is 1. The van der Waals surface area contributed by atoms with E-state index in [1.54, 1.807) is 11.0 Å². The van der Waals surface area contributed by atoms with E-state index in [4.69, 9.17) is 9.47 Å². The highest BCUT2D eigenvalue weighted by atomic mass is 16.6. The van der Waals surface area contributed by atoms with Crippen LogP contribution in [0.4, 0.5) is 16.2 Å². The monoisotopic (exact) mass is 365 g/mol. The van der Waals surface area contributed by atoms with E-state index in [9.17, 15) is 14.9 Å². The molecule has 0 saturated carbocycles. The van der Waals surface area contributed by atoms with Crippen LogP contribution in [0.25, 0.3) is 0 Å². The Labute approximate surface area is 153 Å². The quantitative estimate of drug-likeness (QED) is 0.602. The number of hydrogen-bond acceptors (Lipinski definition) is 6. The van der Waals surface area contributed by atoms with E-state index in [-0.39, 0.29) is 23.9 Å². The lowest BCUT2D eigenvalue weighted by atomic mass is 10.1. The molecule has 2 atom stereocenters. The molecular formula is C18H27N3O5. The molecule has 0 aliphatic carbocycles. The molecule has 1 fully saturated rings. The highest BCUT2D eigenvalue weighted by Gasteiger charge is 2.36. The summed E-state index contributed by atoms with van der Waals surface area (Å²) in [6.45, 7) is 10.6. The summed E-state index contributed by atoms with van der Waals surface area (Å²) in [4.78, 5) is 26.9. The second-order valence-electron chi connectivity index (χ2n) is 7.60. The van der Waals surface area contributed by atoms with Gasteiger partial charge < -0.3 is 14.4 Å². The average molecular weight is 365 g/mol. The number of piperazine rings is 1. The average Bonchev–Trinajstić information content (AvgIpc) is 2.51. The lowest BCUT2D eigenvalue weighted by Crippen LogP contribution is -2.59. The molecule has 0 bridgehead atoms. The van der Waals surface area contributed by atoms with Gasteiger partial charge in [0.1, 0.15) is 11.4 Å². The summed E-state index contributed by atoms with van der Waals surface area (Å²) in [6.07, 6.45) is -0.326. The Balaban J connectivity index is 2.21. The second kappa shape index (κ2) is 7.39. The molecule has 1 aromatic carbocycles. The maximum atomic E-state index is 12.5. The van der Waals surface area contributed by atoms with Crippen molar-refractivity contribution in [1.82, 2.24) is 4.90 Å². The summed E-state index contributed by atoms with van der Waals surface area (Å²) in [5.74, 6) is 0.448. The van der Waals surface area contributed by atoms with E-state index >= 15 is 0 Å². The van der Waals surface area contributed by atoms with Crippen molar-refractivity contribution < 1.29 is 19.2 Å². The number of methoxy groups -OCH3 is 1. The summed E-state index contributed by atoms with van der Waals surface area (Å²) >= 11 is 0. The Kier molecular flexibility index (Phi) is 5.63. The number of carbonyl (C=O) groups is 1. The van der Waals surface area contributed by atoms with Gasteiger partial charge in [-0.2, -0.15) is 0 Å². The molecule has 0 aromatic heterocycles. The van der Waals surface area contributed by atoms with Gasteiger partial charge in [0.2, 0.25) is 0 Å². The van der Waals surface area contributed by atoms with Crippen LogP contribution in [0.5, 0.6) is 5.75 Å². The molecule has 0 radical (unpaired) electrons. The maximum Gasteiger partial charge on any atom is 0.410 e. The van der Waals surface area contributed by atoms with Crippen molar-refractivity contribution >= 4 is 17.5 Å². The molecule has 2 rings (SSSR count). The standard InChI is InChI=1S/C18H27N3O5/c1-12-10-19(11-13(2)20(12)17(22)26-18(3,4)5)15-8-7-14(21(23)24)9-16(15)25-6/h7-9,12-13H,10-11H2,1-6H3/t12-,13+. The zero-order valence-corrected chi connectivity index (χ0v) is 16.2. The molecule has 1 saturated heterocycles. The van der Waals surface area contributed by atoms with Gasteiger partial charge in [0.05, 0.1) is 35.9 Å². The Morgan fingerprint density at radius 1 is 1.23 bits per heavy atom. The van der Waals surface area contributed by atoms with E-state index in [2.05, 4.69) is 4.90 Å². The third-order valence-corrected chi connectivity index (χ3v) is 4.24. The number of amides is 1. The number of anilines is 1. The normalized spacial score (nSPS) is 20.7. The van der Waals surface area contributed by atoms with Crippen LogP contribution in [0.1, 0.15) is 34.6 Å². The smallest absolute Gasteiger partial charge is 0.410 e. The Morgan fingerprint density at radius 3 is 2.27 bits per heavy atom. The molecule has 0 spiro atoms. The van der Waals surface area contributed by atoms with Crippen LogP contribution < -0.4 is 9.64 Å². The molecule has 1 aromatic rings. The summed E-state index contributed by atoms with van der Waals surface area (Å²) in [5.41, 5.74) is 0.217. The van der Waals surface area contributed by atoms with Crippen molar-refractivity contribution in [3.05, 3.63) is 28.3 Å². The first-order chi connectivity index (χ1) is 12.0. The molecule has 0 unspecified atom stereocenters. The van der Waals surface area contributed by atoms with E-state index in [0.717, 1.165) is 5.69 Å². The van der Waals surface area contributed by atoms with Gasteiger partial charge in [-0.1, -0.05) is 0 Å². The van der Waals surface area contributed by atoms with E-state index < -0.39 is 10.5 Å². The first-order valence-corrected chi connectivity index (χ1v) is 8.62. The zero-order chi connectivity index (χ0) is 19.6. The van der Waals surface area contributed by atoms with E-state index in [0.29, 0.717) is 18.8 Å². The number of nitrogens with zero attached hydrogens (tertiary/aromatic N) is 3. The fourth-order valence-electron chi connectivity index (χ4n) is 3.24. The fourth-order valence-corrected chi connectivity index (χ4v) is 3.24. The summed E-state index contributed by atoms with van der Waals surface area (Å²) < 4.78 is 10.9. The molecule has 1 aliphatic rings. The minimum absolute atomic E-state index is 0.0147. The number of nitro groups is 1. The summed E-state index contributed by atoms with van der Waals surface area (Å²) in [6, 6.07) is 4.43.